The van der Waals surface area contributed by atoms with Crippen molar-refractivity contribution in [2.45, 2.75) is 24.2 Å². The molecule has 3 N–H and O–H groups in total. The second-order valence-corrected chi connectivity index (χ2v) is 7.47. The molecule has 0 aliphatic heterocycles. The van der Waals surface area contributed by atoms with Gasteiger partial charge in [0.2, 0.25) is 10.0 Å². The van der Waals surface area contributed by atoms with Gasteiger partial charge >= 0.3 is 0 Å². The fourth-order valence-corrected chi connectivity index (χ4v) is 2.99. The Balaban J connectivity index is 1.76. The minimum atomic E-state index is -4.03. The van der Waals surface area contributed by atoms with Crippen LogP contribution in [-0.4, -0.2) is 19.6 Å². The number of hydrogen-bond donors (Lipinski definition) is 2. The molecule has 1 aliphatic rings. The Morgan fingerprint density at radius 2 is 2.12 bits per heavy atom. The number of sulfonamides is 1. The molecule has 0 spiro atoms. The Morgan fingerprint density at radius 1 is 1.40 bits per heavy atom. The molecular formula is C15H16N4O5S. The highest BCUT2D eigenvalue weighted by atomic mass is 32.2. The molecule has 0 amide bonds. The first-order chi connectivity index (χ1) is 11.8. The van der Waals surface area contributed by atoms with Crippen molar-refractivity contribution in [3.8, 4) is 0 Å². The van der Waals surface area contributed by atoms with E-state index in [2.05, 4.69) is 17.5 Å². The Bertz CT molecular complexity index is 951. The highest BCUT2D eigenvalue weighted by Crippen LogP contribution is 2.47. The van der Waals surface area contributed by atoms with Crippen LogP contribution in [0.15, 0.2) is 44.7 Å². The SMILES string of the molecule is C[C@@H]1C[C@@H]1c1ccc(/C=N\Nc2ccc(S(N)(=O)=O)cc2[N+](=O)[O-])o1. The third kappa shape index (κ3) is 3.86. The molecule has 2 atom stereocenters. The van der Waals surface area contributed by atoms with Crippen molar-refractivity contribution in [2.24, 2.45) is 16.2 Å². The van der Waals surface area contributed by atoms with Crippen LogP contribution >= 0.6 is 0 Å². The Labute approximate surface area is 143 Å². The van der Waals surface area contributed by atoms with Crippen LogP contribution in [0.2, 0.25) is 0 Å². The molecule has 1 aromatic carbocycles. The zero-order valence-electron chi connectivity index (χ0n) is 13.2. The second-order valence-electron chi connectivity index (χ2n) is 5.91. The zero-order valence-corrected chi connectivity index (χ0v) is 14.1. The molecule has 1 fully saturated rings. The maximum atomic E-state index is 11.3. The van der Waals surface area contributed by atoms with Crippen LogP contribution < -0.4 is 10.6 Å². The van der Waals surface area contributed by atoms with Gasteiger partial charge in [0.15, 0.2) is 0 Å². The lowest BCUT2D eigenvalue weighted by molar-refractivity contribution is -0.384. The van der Waals surface area contributed by atoms with E-state index >= 15 is 0 Å². The summed E-state index contributed by atoms with van der Waals surface area (Å²) in [5.74, 6) is 2.49. The van der Waals surface area contributed by atoms with E-state index in [0.717, 1.165) is 18.2 Å². The maximum Gasteiger partial charge on any atom is 0.295 e. The molecule has 132 valence electrons. The molecule has 3 rings (SSSR count). The number of furan rings is 1. The van der Waals surface area contributed by atoms with Gasteiger partial charge in [0.1, 0.15) is 17.2 Å². The number of nitro benzene ring substituents is 1. The molecule has 0 radical (unpaired) electrons. The lowest BCUT2D eigenvalue weighted by Crippen LogP contribution is -2.12. The molecule has 25 heavy (non-hydrogen) atoms. The molecule has 1 saturated carbocycles. The molecule has 1 aliphatic carbocycles. The Kier molecular flexibility index (Phi) is 4.31. The molecule has 9 nitrogen and oxygen atoms in total. The smallest absolute Gasteiger partial charge is 0.295 e. The van der Waals surface area contributed by atoms with Gasteiger partial charge in [0.05, 0.1) is 16.0 Å². The quantitative estimate of drug-likeness (QED) is 0.458. The number of nitrogens with one attached hydrogen (secondary N) is 1. The zero-order chi connectivity index (χ0) is 18.2. The van der Waals surface area contributed by atoms with Crippen molar-refractivity contribution >= 4 is 27.6 Å². The average Bonchev–Trinajstić information content (AvgIpc) is 3.07. The summed E-state index contributed by atoms with van der Waals surface area (Å²) in [4.78, 5) is 10.0. The van der Waals surface area contributed by atoms with Gasteiger partial charge < -0.3 is 4.42 Å². The van der Waals surface area contributed by atoms with E-state index in [1.54, 1.807) is 6.07 Å². The highest BCUT2D eigenvalue weighted by molar-refractivity contribution is 7.89. The first-order valence-electron chi connectivity index (χ1n) is 7.46. The monoisotopic (exact) mass is 364 g/mol. The van der Waals surface area contributed by atoms with E-state index in [0.29, 0.717) is 17.6 Å². The number of nitro groups is 1. The van der Waals surface area contributed by atoms with Gasteiger partial charge in [-0.2, -0.15) is 5.10 Å². The van der Waals surface area contributed by atoms with Crippen molar-refractivity contribution in [1.82, 2.24) is 0 Å². The molecule has 0 saturated heterocycles. The number of primary sulfonamides is 1. The topological polar surface area (TPSA) is 141 Å². The minimum absolute atomic E-state index is 0.0382. The molecule has 1 heterocycles. The lowest BCUT2D eigenvalue weighted by atomic mass is 10.3. The standard InChI is InChI=1S/C15H16N4O5S/c1-9-6-12(9)15-5-2-10(24-15)8-17-18-13-4-3-11(25(16,22)23)7-14(13)19(20)21/h2-5,7-9,12,18H,6H2,1H3,(H2,16,22,23)/b17-8-/t9-,12+/m1/s1. The van der Waals surface area contributed by atoms with Crippen LogP contribution in [0.1, 0.15) is 30.8 Å². The normalized spacial score (nSPS) is 19.9. The number of hydrogen-bond acceptors (Lipinski definition) is 7. The van der Waals surface area contributed by atoms with E-state index in [1.165, 1.54) is 18.3 Å². The number of benzene rings is 1. The van der Waals surface area contributed by atoms with E-state index in [1.807, 2.05) is 6.07 Å². The number of nitrogens with two attached hydrogens (primary N) is 1. The minimum Gasteiger partial charge on any atom is -0.460 e. The van der Waals surface area contributed by atoms with E-state index in [4.69, 9.17) is 9.56 Å². The van der Waals surface area contributed by atoms with E-state index < -0.39 is 20.6 Å². The summed E-state index contributed by atoms with van der Waals surface area (Å²) < 4.78 is 28.2. The summed E-state index contributed by atoms with van der Waals surface area (Å²) in [6.45, 7) is 2.15. The summed E-state index contributed by atoms with van der Waals surface area (Å²) in [7, 11) is -4.03. The average molecular weight is 364 g/mol. The van der Waals surface area contributed by atoms with Gasteiger partial charge in [-0.1, -0.05) is 6.92 Å². The summed E-state index contributed by atoms with van der Waals surface area (Å²) in [5, 5.41) is 20.0. The van der Waals surface area contributed by atoms with Crippen LogP contribution in [0.4, 0.5) is 11.4 Å². The van der Waals surface area contributed by atoms with Crippen LogP contribution in [0.3, 0.4) is 0 Å². The van der Waals surface area contributed by atoms with Crippen molar-refractivity contribution in [2.75, 3.05) is 5.43 Å². The van der Waals surface area contributed by atoms with Crippen molar-refractivity contribution in [3.05, 3.63) is 52.0 Å². The Morgan fingerprint density at radius 3 is 2.72 bits per heavy atom. The first-order valence-corrected chi connectivity index (χ1v) is 9.00. The maximum absolute atomic E-state index is 11.3. The van der Waals surface area contributed by atoms with Gasteiger partial charge in [0, 0.05) is 12.0 Å². The molecule has 0 bridgehead atoms. The van der Waals surface area contributed by atoms with Gasteiger partial charge in [-0.15, -0.1) is 0 Å². The predicted octanol–water partition coefficient (Wildman–Crippen LogP) is 2.40. The van der Waals surface area contributed by atoms with E-state index in [9.17, 15) is 18.5 Å². The summed E-state index contributed by atoms with van der Waals surface area (Å²) >= 11 is 0. The van der Waals surface area contributed by atoms with E-state index in [-0.39, 0.29) is 10.6 Å². The number of rotatable bonds is 6. The van der Waals surface area contributed by atoms with Crippen LogP contribution in [0.25, 0.3) is 0 Å². The Hall–Kier alpha value is -2.72. The fraction of sp³-hybridized carbons (Fsp3) is 0.267. The molecule has 10 heteroatoms. The lowest BCUT2D eigenvalue weighted by Gasteiger charge is -2.04. The van der Waals surface area contributed by atoms with Gasteiger partial charge in [-0.05, 0) is 36.6 Å². The number of nitrogens with zero attached hydrogens (tertiary/aromatic N) is 2. The number of anilines is 1. The predicted molar refractivity (Wildman–Crippen MR) is 90.9 cm³/mol. The third-order valence-corrected chi connectivity index (χ3v) is 4.90. The largest absolute Gasteiger partial charge is 0.460 e. The van der Waals surface area contributed by atoms with Gasteiger partial charge in [-0.3, -0.25) is 15.5 Å². The fourth-order valence-electron chi connectivity index (χ4n) is 2.46. The molecule has 2 aromatic rings. The first kappa shape index (κ1) is 17.1. The molecule has 0 unspecified atom stereocenters. The molecule has 1 aromatic heterocycles. The van der Waals surface area contributed by atoms with Crippen molar-refractivity contribution in [1.29, 1.82) is 0 Å². The summed E-state index contributed by atoms with van der Waals surface area (Å²) in [6, 6.07) is 6.93. The van der Waals surface area contributed by atoms with Crippen LogP contribution in [0, 0.1) is 16.0 Å². The second kappa shape index (κ2) is 6.30. The van der Waals surface area contributed by atoms with Gasteiger partial charge in [-0.25, -0.2) is 13.6 Å². The molecular weight excluding hydrogens is 348 g/mol. The van der Waals surface area contributed by atoms with Crippen LogP contribution in [0.5, 0.6) is 0 Å². The van der Waals surface area contributed by atoms with Crippen molar-refractivity contribution < 1.29 is 17.8 Å². The summed E-state index contributed by atoms with van der Waals surface area (Å²) in [5.41, 5.74) is 2.11. The number of hydrazone groups is 1. The van der Waals surface area contributed by atoms with Crippen LogP contribution in [-0.2, 0) is 10.0 Å². The highest BCUT2D eigenvalue weighted by Gasteiger charge is 2.36. The van der Waals surface area contributed by atoms with Crippen molar-refractivity contribution in [3.63, 3.8) is 0 Å². The summed E-state index contributed by atoms with van der Waals surface area (Å²) in [6.07, 6.45) is 2.50. The third-order valence-electron chi connectivity index (χ3n) is 3.99. The van der Waals surface area contributed by atoms with Gasteiger partial charge in [0.25, 0.3) is 5.69 Å².